The summed E-state index contributed by atoms with van der Waals surface area (Å²) in [5, 5.41) is 3.74. The number of hydrogen-bond donors (Lipinski definition) is 0. The maximum Gasteiger partial charge on any atom is 0.239 e. The van der Waals surface area contributed by atoms with E-state index in [4.69, 9.17) is 9.47 Å². The number of amides is 2. The molecule has 3 aliphatic rings. The molecule has 0 aromatic heterocycles. The number of hydrogen-bond acceptors (Lipinski definition) is 5. The third-order valence-electron chi connectivity index (χ3n) is 12.3. The summed E-state index contributed by atoms with van der Waals surface area (Å²) in [6, 6.07) is 59.2. The van der Waals surface area contributed by atoms with E-state index in [1.165, 1.54) is 4.90 Å². The standard InChI is InChI=1S/C51H33NO5/c53-47-44-45(48(54)52(47)46-40(56-34-22-9-3-10-23-34)30-17-31-41(46)57-35-24-11-4-12-25-35)51(33-20-7-2-8-21-33)43-39-29-16-14-27-37(39)36-26-13-15-28-38(36)42(43)50(44,49(51)55)32-18-5-1-6-19-32/h1-31,44-45H/t44-,45+,50+,51-. The van der Waals surface area contributed by atoms with Gasteiger partial charge in [0, 0.05) is 0 Å². The number of nitrogens with zero attached hydrogens (tertiary/aromatic N) is 1. The molecule has 6 nitrogen and oxygen atoms in total. The molecule has 4 atom stereocenters. The predicted molar refractivity (Wildman–Crippen MR) is 220 cm³/mol. The summed E-state index contributed by atoms with van der Waals surface area (Å²) in [6.07, 6.45) is 0. The van der Waals surface area contributed by atoms with Crippen molar-refractivity contribution in [1.29, 1.82) is 0 Å². The highest BCUT2D eigenvalue weighted by Gasteiger charge is 2.82. The van der Waals surface area contributed by atoms with E-state index in [1.54, 1.807) is 18.2 Å². The first-order valence-corrected chi connectivity index (χ1v) is 19.1. The molecule has 8 aromatic carbocycles. The van der Waals surface area contributed by atoms with E-state index in [2.05, 4.69) is 24.3 Å². The van der Waals surface area contributed by atoms with Gasteiger partial charge in [0.1, 0.15) is 17.2 Å². The quantitative estimate of drug-likeness (QED) is 0.120. The minimum Gasteiger partial charge on any atom is -0.455 e. The molecule has 1 saturated carbocycles. The molecule has 11 rings (SSSR count). The number of rotatable bonds is 7. The molecule has 272 valence electrons. The van der Waals surface area contributed by atoms with E-state index >= 15 is 14.4 Å². The second-order valence-electron chi connectivity index (χ2n) is 14.9. The molecule has 57 heavy (non-hydrogen) atoms. The minimum atomic E-state index is -1.52. The molecular weight excluding hydrogens is 707 g/mol. The highest BCUT2D eigenvalue weighted by molar-refractivity contribution is 6.34. The van der Waals surface area contributed by atoms with Crippen molar-refractivity contribution in [3.63, 3.8) is 0 Å². The Kier molecular flexibility index (Phi) is 7.16. The van der Waals surface area contributed by atoms with Crippen molar-refractivity contribution in [2.75, 3.05) is 4.90 Å². The van der Waals surface area contributed by atoms with Gasteiger partial charge >= 0.3 is 0 Å². The summed E-state index contributed by atoms with van der Waals surface area (Å²) in [7, 11) is 0. The Morgan fingerprint density at radius 3 is 1.14 bits per heavy atom. The molecule has 2 bridgehead atoms. The average Bonchev–Trinajstić information content (AvgIpc) is 3.77. The third kappa shape index (κ3) is 4.32. The van der Waals surface area contributed by atoms with E-state index < -0.39 is 34.5 Å². The Morgan fingerprint density at radius 1 is 0.386 bits per heavy atom. The Hall–Kier alpha value is -7.31. The van der Waals surface area contributed by atoms with Crippen LogP contribution < -0.4 is 14.4 Å². The number of ether oxygens (including phenoxy) is 2. The van der Waals surface area contributed by atoms with Gasteiger partial charge in [-0.1, -0.05) is 152 Å². The summed E-state index contributed by atoms with van der Waals surface area (Å²) in [5.41, 5.74) is 0.0904. The molecule has 0 spiro atoms. The number of benzene rings is 8. The first-order chi connectivity index (χ1) is 28.1. The Labute approximate surface area is 328 Å². The fraction of sp³-hybridized carbons (Fsp3) is 0.0784. The predicted octanol–water partition coefficient (Wildman–Crippen LogP) is 10.6. The lowest BCUT2D eigenvalue weighted by Crippen LogP contribution is -2.45. The number of carbonyl (C=O) groups is 3. The van der Waals surface area contributed by atoms with Crippen LogP contribution in [0.3, 0.4) is 0 Å². The molecule has 6 heteroatoms. The van der Waals surface area contributed by atoms with Crippen LogP contribution in [0, 0.1) is 11.8 Å². The van der Waals surface area contributed by atoms with Crippen LogP contribution in [-0.4, -0.2) is 17.6 Å². The lowest BCUT2D eigenvalue weighted by atomic mass is 9.59. The second kappa shape index (κ2) is 12.4. The van der Waals surface area contributed by atoms with Gasteiger partial charge in [-0.2, -0.15) is 0 Å². The van der Waals surface area contributed by atoms with Crippen LogP contribution in [0.1, 0.15) is 22.3 Å². The summed E-state index contributed by atoms with van der Waals surface area (Å²) >= 11 is 0. The average molecular weight is 740 g/mol. The van der Waals surface area contributed by atoms with Crippen molar-refractivity contribution in [2.24, 2.45) is 11.8 Å². The van der Waals surface area contributed by atoms with Gasteiger partial charge < -0.3 is 9.47 Å². The number of para-hydroxylation sites is 3. The van der Waals surface area contributed by atoms with Crippen molar-refractivity contribution in [3.8, 4) is 23.0 Å². The number of Topliss-reactive ketones (excluding diaryl/α,β-unsaturated/α-hetero) is 1. The van der Waals surface area contributed by atoms with Gasteiger partial charge in [0.25, 0.3) is 0 Å². The van der Waals surface area contributed by atoms with Gasteiger partial charge in [-0.25, -0.2) is 4.90 Å². The van der Waals surface area contributed by atoms with Crippen molar-refractivity contribution in [1.82, 2.24) is 0 Å². The maximum absolute atomic E-state index is 16.3. The van der Waals surface area contributed by atoms with Crippen LogP contribution in [-0.2, 0) is 25.2 Å². The van der Waals surface area contributed by atoms with Gasteiger partial charge in [-0.05, 0) is 80.2 Å². The summed E-state index contributed by atoms with van der Waals surface area (Å²) in [4.78, 5) is 49.5. The number of ketones is 1. The van der Waals surface area contributed by atoms with Crippen LogP contribution in [0.5, 0.6) is 23.0 Å². The summed E-state index contributed by atoms with van der Waals surface area (Å²) < 4.78 is 13.0. The lowest BCUT2D eigenvalue weighted by Gasteiger charge is -2.38. The van der Waals surface area contributed by atoms with Gasteiger partial charge in [-0.3, -0.25) is 14.4 Å². The summed E-state index contributed by atoms with van der Waals surface area (Å²) in [5.74, 6) is -1.71. The van der Waals surface area contributed by atoms with E-state index in [1.807, 2.05) is 146 Å². The molecule has 2 amide bonds. The largest absolute Gasteiger partial charge is 0.455 e. The van der Waals surface area contributed by atoms with Crippen molar-refractivity contribution in [3.05, 3.63) is 210 Å². The van der Waals surface area contributed by atoms with Crippen LogP contribution in [0.4, 0.5) is 5.69 Å². The fourth-order valence-corrected chi connectivity index (χ4v) is 10.3. The van der Waals surface area contributed by atoms with E-state index in [9.17, 15) is 0 Å². The zero-order valence-electron chi connectivity index (χ0n) is 30.5. The van der Waals surface area contributed by atoms with Gasteiger partial charge in [-0.15, -0.1) is 0 Å². The molecule has 0 radical (unpaired) electrons. The smallest absolute Gasteiger partial charge is 0.239 e. The topological polar surface area (TPSA) is 72.9 Å². The fourth-order valence-electron chi connectivity index (χ4n) is 10.3. The molecule has 0 unspecified atom stereocenters. The van der Waals surface area contributed by atoms with Crippen LogP contribution in [0.25, 0.3) is 21.5 Å². The van der Waals surface area contributed by atoms with Crippen molar-refractivity contribution in [2.45, 2.75) is 10.8 Å². The zero-order chi connectivity index (χ0) is 38.3. The van der Waals surface area contributed by atoms with Crippen molar-refractivity contribution < 1.29 is 23.9 Å². The number of fused-ring (bicyclic) bond motifs is 13. The van der Waals surface area contributed by atoms with Crippen molar-refractivity contribution >= 4 is 44.8 Å². The van der Waals surface area contributed by atoms with Gasteiger partial charge in [0.15, 0.2) is 17.3 Å². The molecule has 2 aliphatic carbocycles. The van der Waals surface area contributed by atoms with Crippen LogP contribution >= 0.6 is 0 Å². The first-order valence-electron chi connectivity index (χ1n) is 19.1. The molecule has 8 aromatic rings. The molecule has 2 fully saturated rings. The molecule has 1 aliphatic heterocycles. The zero-order valence-corrected chi connectivity index (χ0v) is 30.5. The molecule has 1 saturated heterocycles. The van der Waals surface area contributed by atoms with Gasteiger partial charge in [0.2, 0.25) is 11.8 Å². The first kappa shape index (κ1) is 33.1. The second-order valence-corrected chi connectivity index (χ2v) is 14.9. The number of imide groups is 1. The van der Waals surface area contributed by atoms with E-state index in [-0.39, 0.29) is 23.0 Å². The Morgan fingerprint density at radius 2 is 0.737 bits per heavy atom. The highest BCUT2D eigenvalue weighted by atomic mass is 16.5. The van der Waals surface area contributed by atoms with Crippen LogP contribution in [0.2, 0.25) is 0 Å². The molecule has 0 N–H and O–H groups in total. The minimum absolute atomic E-state index is 0.158. The highest BCUT2D eigenvalue weighted by Crippen LogP contribution is 2.73. The third-order valence-corrected chi connectivity index (χ3v) is 12.3. The van der Waals surface area contributed by atoms with Gasteiger partial charge in [0.05, 0.1) is 22.7 Å². The summed E-state index contributed by atoms with van der Waals surface area (Å²) in [6.45, 7) is 0. The normalized spacial score (nSPS) is 21.9. The number of anilines is 1. The number of carbonyl (C=O) groups excluding carboxylic acids is 3. The Bertz CT molecular complexity index is 2740. The molecular formula is C51H33NO5. The molecule has 1 heterocycles. The lowest BCUT2D eigenvalue weighted by molar-refractivity contribution is -0.130. The Balaban J connectivity index is 1.25. The SMILES string of the molecule is O=C1[C@@H]2[C@H](C(=O)N1c1c(Oc3ccccc3)cccc1Oc1ccccc1)[C@@]1(c3ccccc3)C(=O)[C@]2(c2ccccc2)c2c1c1ccccc1c1ccccc21. The van der Waals surface area contributed by atoms with Crippen LogP contribution in [0.15, 0.2) is 188 Å². The van der Waals surface area contributed by atoms with E-state index in [0.717, 1.165) is 32.7 Å². The van der Waals surface area contributed by atoms with E-state index in [0.29, 0.717) is 22.6 Å². The monoisotopic (exact) mass is 739 g/mol. The maximum atomic E-state index is 16.3.